The summed E-state index contributed by atoms with van der Waals surface area (Å²) in [6.07, 6.45) is -5.29. The second-order valence-corrected chi connectivity index (χ2v) is 3.77. The number of rotatable bonds is 5. The number of hydrogen-bond acceptors (Lipinski definition) is 3. The molecule has 5 nitrogen and oxygen atoms in total. The Hall–Kier alpha value is -2.12. The summed E-state index contributed by atoms with van der Waals surface area (Å²) in [5.41, 5.74) is 0.516. The first-order valence-electron chi connectivity index (χ1n) is 5.29. The Morgan fingerprint density at radius 3 is 2.47 bits per heavy atom. The Morgan fingerprint density at radius 2 is 2.00 bits per heavy atom. The lowest BCUT2D eigenvalue weighted by atomic mass is 10.2. The number of aliphatic carboxylic acids is 1. The van der Waals surface area contributed by atoms with E-state index in [-0.39, 0.29) is 12.1 Å². The average molecular weight is 276 g/mol. The van der Waals surface area contributed by atoms with Crippen molar-refractivity contribution in [1.82, 2.24) is 4.98 Å². The maximum absolute atomic E-state index is 11.9. The molecule has 19 heavy (non-hydrogen) atoms. The summed E-state index contributed by atoms with van der Waals surface area (Å²) in [5, 5.41) is 10.8. The maximum Gasteiger partial charge on any atom is 0.389 e. The smallest absolute Gasteiger partial charge is 0.389 e. The highest BCUT2D eigenvalue weighted by Gasteiger charge is 2.27. The van der Waals surface area contributed by atoms with Crippen molar-refractivity contribution in [2.45, 2.75) is 25.4 Å². The molecule has 1 aromatic rings. The van der Waals surface area contributed by atoms with Gasteiger partial charge in [-0.2, -0.15) is 13.2 Å². The van der Waals surface area contributed by atoms with Crippen LogP contribution in [0.15, 0.2) is 18.3 Å². The SMILES string of the molecule is O=C(O)Cc1ccc(NC(=O)CCC(F)(F)F)cn1. The summed E-state index contributed by atoms with van der Waals surface area (Å²) in [4.78, 5) is 25.3. The molecule has 0 radical (unpaired) electrons. The van der Waals surface area contributed by atoms with Gasteiger partial charge in [-0.1, -0.05) is 0 Å². The number of nitrogens with zero attached hydrogens (tertiary/aromatic N) is 1. The third-order valence-corrected chi connectivity index (χ3v) is 2.08. The molecule has 1 amide bonds. The zero-order chi connectivity index (χ0) is 14.5. The lowest BCUT2D eigenvalue weighted by Crippen LogP contribution is -2.16. The second-order valence-electron chi connectivity index (χ2n) is 3.77. The van der Waals surface area contributed by atoms with Gasteiger partial charge in [-0.3, -0.25) is 14.6 Å². The lowest BCUT2D eigenvalue weighted by molar-refractivity contribution is -0.142. The molecule has 0 aromatic carbocycles. The molecule has 0 unspecified atom stereocenters. The van der Waals surface area contributed by atoms with E-state index in [4.69, 9.17) is 5.11 Å². The number of amides is 1. The van der Waals surface area contributed by atoms with Gasteiger partial charge in [0.15, 0.2) is 0 Å². The summed E-state index contributed by atoms with van der Waals surface area (Å²) in [5.74, 6) is -1.82. The van der Waals surface area contributed by atoms with Gasteiger partial charge >= 0.3 is 12.1 Å². The monoisotopic (exact) mass is 276 g/mol. The molecule has 1 aromatic heterocycles. The zero-order valence-electron chi connectivity index (χ0n) is 9.70. The van der Waals surface area contributed by atoms with Crippen molar-refractivity contribution >= 4 is 17.6 Å². The normalized spacial score (nSPS) is 11.1. The Bertz CT molecular complexity index is 457. The summed E-state index contributed by atoms with van der Waals surface area (Å²) in [6.45, 7) is 0. The summed E-state index contributed by atoms with van der Waals surface area (Å²) in [7, 11) is 0. The van der Waals surface area contributed by atoms with Crippen molar-refractivity contribution in [3.05, 3.63) is 24.0 Å². The number of pyridine rings is 1. The van der Waals surface area contributed by atoms with Crippen LogP contribution in [0.3, 0.4) is 0 Å². The fourth-order valence-electron chi connectivity index (χ4n) is 1.24. The topological polar surface area (TPSA) is 79.3 Å². The van der Waals surface area contributed by atoms with Crippen molar-refractivity contribution in [2.75, 3.05) is 5.32 Å². The summed E-state index contributed by atoms with van der Waals surface area (Å²) >= 11 is 0. The fraction of sp³-hybridized carbons (Fsp3) is 0.364. The number of anilines is 1. The second kappa shape index (κ2) is 6.17. The first kappa shape index (κ1) is 14.9. The molecule has 0 bridgehead atoms. The molecule has 0 saturated heterocycles. The minimum absolute atomic E-state index is 0.223. The fourth-order valence-corrected chi connectivity index (χ4v) is 1.24. The molecule has 0 atom stereocenters. The van der Waals surface area contributed by atoms with E-state index in [1.807, 2.05) is 0 Å². The van der Waals surface area contributed by atoms with Crippen molar-refractivity contribution in [3.8, 4) is 0 Å². The third-order valence-electron chi connectivity index (χ3n) is 2.08. The van der Waals surface area contributed by atoms with Crippen molar-refractivity contribution in [3.63, 3.8) is 0 Å². The molecule has 0 spiro atoms. The van der Waals surface area contributed by atoms with Crippen LogP contribution in [0.4, 0.5) is 18.9 Å². The number of aromatic nitrogens is 1. The zero-order valence-corrected chi connectivity index (χ0v) is 9.70. The Balaban J connectivity index is 2.49. The molecular formula is C11H11F3N2O3. The number of alkyl halides is 3. The number of carbonyl (C=O) groups excluding carboxylic acids is 1. The predicted octanol–water partition coefficient (Wildman–Crippen LogP) is 1.99. The van der Waals surface area contributed by atoms with Gasteiger partial charge in [0.05, 0.1) is 30.4 Å². The van der Waals surface area contributed by atoms with E-state index >= 15 is 0 Å². The molecule has 1 heterocycles. The van der Waals surface area contributed by atoms with Gasteiger partial charge in [-0.25, -0.2) is 0 Å². The number of carboxylic acids is 1. The van der Waals surface area contributed by atoms with Crippen LogP contribution in [-0.2, 0) is 16.0 Å². The van der Waals surface area contributed by atoms with Crippen molar-refractivity contribution in [2.24, 2.45) is 0 Å². The number of hydrogen-bond donors (Lipinski definition) is 2. The van der Waals surface area contributed by atoms with Gasteiger partial charge in [0, 0.05) is 6.42 Å². The summed E-state index contributed by atoms with van der Waals surface area (Å²) < 4.78 is 35.6. The molecule has 104 valence electrons. The van der Waals surface area contributed by atoms with Crippen LogP contribution in [0.1, 0.15) is 18.5 Å². The molecule has 0 aliphatic carbocycles. The minimum atomic E-state index is -4.37. The largest absolute Gasteiger partial charge is 0.481 e. The van der Waals surface area contributed by atoms with Gasteiger partial charge in [0.1, 0.15) is 0 Å². The van der Waals surface area contributed by atoms with E-state index in [2.05, 4.69) is 10.3 Å². The van der Waals surface area contributed by atoms with E-state index in [0.717, 1.165) is 0 Å². The number of carbonyl (C=O) groups is 2. The number of carboxylic acid groups (broad SMARTS) is 1. The Kier molecular flexibility index (Phi) is 4.85. The molecule has 0 aliphatic heterocycles. The first-order valence-corrected chi connectivity index (χ1v) is 5.29. The Labute approximate surface area is 106 Å². The molecular weight excluding hydrogens is 265 g/mol. The van der Waals surface area contributed by atoms with Crippen LogP contribution in [0, 0.1) is 0 Å². The van der Waals surface area contributed by atoms with Crippen molar-refractivity contribution in [1.29, 1.82) is 0 Å². The standard InChI is InChI=1S/C11H11F3N2O3/c12-11(13,14)4-3-9(17)16-8-2-1-7(15-6-8)5-10(18)19/h1-2,6H,3-5H2,(H,16,17)(H,18,19). The van der Waals surface area contributed by atoms with E-state index in [1.54, 1.807) is 0 Å². The van der Waals surface area contributed by atoms with Gasteiger partial charge < -0.3 is 10.4 Å². The predicted molar refractivity (Wildman–Crippen MR) is 59.5 cm³/mol. The van der Waals surface area contributed by atoms with Crippen LogP contribution >= 0.6 is 0 Å². The van der Waals surface area contributed by atoms with Crippen LogP contribution in [-0.4, -0.2) is 28.1 Å². The average Bonchev–Trinajstić information content (AvgIpc) is 2.28. The summed E-state index contributed by atoms with van der Waals surface area (Å²) in [6, 6.07) is 2.77. The van der Waals surface area contributed by atoms with Crippen molar-refractivity contribution < 1.29 is 27.9 Å². The number of nitrogens with one attached hydrogen (secondary N) is 1. The highest BCUT2D eigenvalue weighted by Crippen LogP contribution is 2.21. The maximum atomic E-state index is 11.9. The molecule has 1 rings (SSSR count). The Morgan fingerprint density at radius 1 is 1.32 bits per heavy atom. The first-order chi connectivity index (χ1) is 8.76. The quantitative estimate of drug-likeness (QED) is 0.862. The number of halogens is 3. The van der Waals surface area contributed by atoms with Gasteiger partial charge in [0.25, 0.3) is 0 Å². The van der Waals surface area contributed by atoms with Crippen LogP contribution < -0.4 is 5.32 Å². The lowest BCUT2D eigenvalue weighted by Gasteiger charge is -2.07. The van der Waals surface area contributed by atoms with Crippen LogP contribution in [0.25, 0.3) is 0 Å². The van der Waals surface area contributed by atoms with Crippen LogP contribution in [0.5, 0.6) is 0 Å². The molecule has 0 aliphatic rings. The van der Waals surface area contributed by atoms with Crippen LogP contribution in [0.2, 0.25) is 0 Å². The molecule has 0 fully saturated rings. The molecule has 0 saturated carbocycles. The van der Waals surface area contributed by atoms with E-state index in [9.17, 15) is 22.8 Å². The van der Waals surface area contributed by atoms with Gasteiger partial charge in [0.2, 0.25) is 5.91 Å². The third kappa shape index (κ3) is 6.39. The van der Waals surface area contributed by atoms with Gasteiger partial charge in [-0.05, 0) is 12.1 Å². The van der Waals surface area contributed by atoms with E-state index in [0.29, 0.717) is 5.69 Å². The minimum Gasteiger partial charge on any atom is -0.481 e. The molecule has 8 heteroatoms. The highest BCUT2D eigenvalue weighted by atomic mass is 19.4. The van der Waals surface area contributed by atoms with Gasteiger partial charge in [-0.15, -0.1) is 0 Å². The van der Waals surface area contributed by atoms with E-state index < -0.39 is 30.9 Å². The highest BCUT2D eigenvalue weighted by molar-refractivity contribution is 5.90. The van der Waals surface area contributed by atoms with E-state index in [1.165, 1.54) is 18.3 Å². The molecule has 2 N–H and O–H groups in total.